The van der Waals surface area contributed by atoms with Crippen molar-refractivity contribution in [2.75, 3.05) is 0 Å². The first-order chi connectivity index (χ1) is 5.86. The fourth-order valence-corrected chi connectivity index (χ4v) is 1.01. The molecular formula is C10H19ClN2. The molecule has 0 amide bonds. The highest BCUT2D eigenvalue weighted by Crippen LogP contribution is 2.04. The van der Waals surface area contributed by atoms with Crippen molar-refractivity contribution in [3.8, 4) is 0 Å². The Hall–Kier alpha value is -0.570. The van der Waals surface area contributed by atoms with Gasteiger partial charge in [-0.2, -0.15) is 0 Å². The highest BCUT2D eigenvalue weighted by molar-refractivity contribution is 5.85. The fraction of sp³-hybridized carbons (Fsp3) is 0.400. The normalized spacial score (nSPS) is 8.00. The van der Waals surface area contributed by atoms with E-state index in [4.69, 9.17) is 0 Å². The Morgan fingerprint density at radius 3 is 1.23 bits per heavy atom. The lowest BCUT2D eigenvalue weighted by Gasteiger charge is -1.97. The Morgan fingerprint density at radius 1 is 0.846 bits per heavy atom. The van der Waals surface area contributed by atoms with Crippen LogP contribution in [0.4, 0.5) is 0 Å². The zero-order valence-corrected chi connectivity index (χ0v) is 9.10. The van der Waals surface area contributed by atoms with E-state index in [-0.39, 0.29) is 12.4 Å². The molecule has 0 heterocycles. The largest absolute Gasteiger partial charge is 0.274 e. The van der Waals surface area contributed by atoms with Gasteiger partial charge in [-0.05, 0) is 24.0 Å². The third kappa shape index (κ3) is 5.64. The molecule has 3 heteroatoms. The Bertz CT molecular complexity index is 174. The van der Waals surface area contributed by atoms with Gasteiger partial charge in [-0.1, -0.05) is 38.1 Å². The van der Waals surface area contributed by atoms with Gasteiger partial charge in [0.25, 0.3) is 0 Å². The van der Waals surface area contributed by atoms with E-state index in [0.29, 0.717) is 0 Å². The summed E-state index contributed by atoms with van der Waals surface area (Å²) in [7, 11) is 0. The van der Waals surface area contributed by atoms with E-state index in [1.165, 1.54) is 11.1 Å². The number of hydrogen-bond donors (Lipinski definition) is 2. The summed E-state index contributed by atoms with van der Waals surface area (Å²) in [6.45, 7) is 4.36. The first-order valence-corrected chi connectivity index (χ1v) is 4.28. The van der Waals surface area contributed by atoms with Crippen LogP contribution in [-0.4, -0.2) is 0 Å². The van der Waals surface area contributed by atoms with Gasteiger partial charge in [0.15, 0.2) is 0 Å². The van der Waals surface area contributed by atoms with Gasteiger partial charge in [-0.25, -0.2) is 0 Å². The second-order valence-electron chi connectivity index (χ2n) is 2.52. The molecule has 1 aromatic carbocycles. The van der Waals surface area contributed by atoms with Crippen molar-refractivity contribution in [1.82, 2.24) is 0 Å². The second-order valence-corrected chi connectivity index (χ2v) is 2.52. The van der Waals surface area contributed by atoms with Crippen molar-refractivity contribution in [3.05, 3.63) is 35.4 Å². The van der Waals surface area contributed by atoms with E-state index in [9.17, 15) is 0 Å². The van der Waals surface area contributed by atoms with Crippen LogP contribution in [0, 0.1) is 0 Å². The molecule has 1 aromatic rings. The Balaban J connectivity index is 0. The molecule has 0 aliphatic heterocycles. The Morgan fingerprint density at radius 2 is 1.08 bits per heavy atom. The van der Waals surface area contributed by atoms with E-state index >= 15 is 0 Å². The maximum absolute atomic E-state index is 4.00. The number of halogens is 1. The molecule has 4 N–H and O–H groups in total. The number of nitrogens with two attached hydrogens (primary N) is 2. The van der Waals surface area contributed by atoms with Crippen molar-refractivity contribution in [3.63, 3.8) is 0 Å². The molecule has 2 nitrogen and oxygen atoms in total. The quantitative estimate of drug-likeness (QED) is 0.570. The third-order valence-corrected chi connectivity index (χ3v) is 1.84. The minimum atomic E-state index is 0. The molecule has 0 bridgehead atoms. The Labute approximate surface area is 86.7 Å². The van der Waals surface area contributed by atoms with Crippen molar-refractivity contribution in [1.29, 1.82) is 0 Å². The maximum atomic E-state index is 4.00. The maximum Gasteiger partial charge on any atom is -0.0307 e. The average molecular weight is 203 g/mol. The van der Waals surface area contributed by atoms with Gasteiger partial charge in [0.05, 0.1) is 0 Å². The van der Waals surface area contributed by atoms with Crippen LogP contribution in [0.3, 0.4) is 0 Å². The monoisotopic (exact) mass is 202 g/mol. The smallest absolute Gasteiger partial charge is 0.0307 e. The fourth-order valence-electron chi connectivity index (χ4n) is 1.01. The SMILES string of the molecule is CCc1ccc(CC)cc1.Cl.NN. The molecule has 0 saturated carbocycles. The molecule has 0 fully saturated rings. The van der Waals surface area contributed by atoms with Crippen LogP contribution in [0.15, 0.2) is 24.3 Å². The molecule has 0 aliphatic carbocycles. The van der Waals surface area contributed by atoms with Crippen LogP contribution < -0.4 is 11.7 Å². The van der Waals surface area contributed by atoms with Gasteiger partial charge in [0.1, 0.15) is 0 Å². The van der Waals surface area contributed by atoms with Gasteiger partial charge in [0.2, 0.25) is 0 Å². The summed E-state index contributed by atoms with van der Waals surface area (Å²) >= 11 is 0. The first kappa shape index (κ1) is 14.9. The first-order valence-electron chi connectivity index (χ1n) is 4.28. The highest BCUT2D eigenvalue weighted by atomic mass is 35.5. The standard InChI is InChI=1S/C10H14.ClH.H4N2/c1-3-9-5-7-10(4-2)8-6-9;;1-2/h5-8H,3-4H2,1-2H3;1H;1-2H2. The topological polar surface area (TPSA) is 52.0 Å². The van der Waals surface area contributed by atoms with Crippen LogP contribution in [0.5, 0.6) is 0 Å². The average Bonchev–Trinajstić information content (AvgIpc) is 2.21. The lowest BCUT2D eigenvalue weighted by Crippen LogP contribution is -2.02. The van der Waals surface area contributed by atoms with Gasteiger partial charge in [0, 0.05) is 0 Å². The highest BCUT2D eigenvalue weighted by Gasteiger charge is 1.88. The molecule has 13 heavy (non-hydrogen) atoms. The van der Waals surface area contributed by atoms with Crippen molar-refractivity contribution in [2.45, 2.75) is 26.7 Å². The minimum absolute atomic E-state index is 0. The minimum Gasteiger partial charge on any atom is -0.274 e. The molecule has 0 aromatic heterocycles. The van der Waals surface area contributed by atoms with Crippen molar-refractivity contribution >= 4 is 12.4 Å². The van der Waals surface area contributed by atoms with Gasteiger partial charge < -0.3 is 0 Å². The summed E-state index contributed by atoms with van der Waals surface area (Å²) in [6.07, 6.45) is 2.29. The molecular weight excluding hydrogens is 184 g/mol. The number of hydrogen-bond acceptors (Lipinski definition) is 2. The lowest BCUT2D eigenvalue weighted by atomic mass is 10.1. The summed E-state index contributed by atoms with van der Waals surface area (Å²) < 4.78 is 0. The van der Waals surface area contributed by atoms with Crippen molar-refractivity contribution in [2.24, 2.45) is 11.7 Å². The van der Waals surface area contributed by atoms with E-state index < -0.39 is 0 Å². The molecule has 0 atom stereocenters. The van der Waals surface area contributed by atoms with Crippen LogP contribution in [0.25, 0.3) is 0 Å². The molecule has 0 spiro atoms. The summed E-state index contributed by atoms with van der Waals surface area (Å²) in [6, 6.07) is 8.83. The van der Waals surface area contributed by atoms with Crippen molar-refractivity contribution < 1.29 is 0 Å². The molecule has 0 radical (unpaired) electrons. The lowest BCUT2D eigenvalue weighted by molar-refractivity contribution is 1.10. The summed E-state index contributed by atoms with van der Waals surface area (Å²) in [5.74, 6) is 8.00. The number of rotatable bonds is 2. The predicted molar refractivity (Wildman–Crippen MR) is 60.8 cm³/mol. The zero-order valence-electron chi connectivity index (χ0n) is 8.29. The summed E-state index contributed by atoms with van der Waals surface area (Å²) in [4.78, 5) is 0. The Kier molecular flexibility index (Phi) is 10.9. The zero-order chi connectivity index (χ0) is 9.40. The number of benzene rings is 1. The van der Waals surface area contributed by atoms with E-state index in [2.05, 4.69) is 49.8 Å². The predicted octanol–water partition coefficient (Wildman–Crippen LogP) is 2.05. The third-order valence-electron chi connectivity index (χ3n) is 1.84. The van der Waals surface area contributed by atoms with Crippen LogP contribution >= 0.6 is 12.4 Å². The summed E-state index contributed by atoms with van der Waals surface area (Å²) in [5.41, 5.74) is 2.86. The second kappa shape index (κ2) is 9.52. The van der Waals surface area contributed by atoms with Gasteiger partial charge in [-0.3, -0.25) is 11.7 Å². The van der Waals surface area contributed by atoms with E-state index in [1.54, 1.807) is 0 Å². The summed E-state index contributed by atoms with van der Waals surface area (Å²) in [5, 5.41) is 0. The van der Waals surface area contributed by atoms with Crippen LogP contribution in [0.2, 0.25) is 0 Å². The molecule has 1 rings (SSSR count). The van der Waals surface area contributed by atoms with Gasteiger partial charge >= 0.3 is 0 Å². The van der Waals surface area contributed by atoms with Crippen LogP contribution in [0.1, 0.15) is 25.0 Å². The number of aryl methyl sites for hydroxylation is 2. The molecule has 76 valence electrons. The molecule has 0 aliphatic rings. The van der Waals surface area contributed by atoms with E-state index in [0.717, 1.165) is 12.8 Å². The molecule has 0 saturated heterocycles. The number of hydrazine groups is 1. The van der Waals surface area contributed by atoms with Crippen LogP contribution in [-0.2, 0) is 12.8 Å². The van der Waals surface area contributed by atoms with E-state index in [1.807, 2.05) is 0 Å². The molecule has 0 unspecified atom stereocenters. The van der Waals surface area contributed by atoms with Gasteiger partial charge in [-0.15, -0.1) is 12.4 Å².